The zero-order valence-corrected chi connectivity index (χ0v) is 16.3. The summed E-state index contributed by atoms with van der Waals surface area (Å²) >= 11 is 5.16. The number of nitrogens with zero attached hydrogens (tertiary/aromatic N) is 2. The van der Waals surface area contributed by atoms with Crippen molar-refractivity contribution in [3.8, 4) is 0 Å². The molecule has 0 saturated heterocycles. The number of ether oxygens (including phenoxy) is 1. The molecular formula is C19H19BrN2O2S. The van der Waals surface area contributed by atoms with Crippen LogP contribution < -0.4 is 5.56 Å². The Kier molecular flexibility index (Phi) is 6.29. The molecule has 0 aliphatic rings. The summed E-state index contributed by atoms with van der Waals surface area (Å²) in [5.41, 5.74) is 1.93. The van der Waals surface area contributed by atoms with Crippen molar-refractivity contribution in [3.63, 3.8) is 0 Å². The van der Waals surface area contributed by atoms with Gasteiger partial charge in [-0.05, 0) is 30.2 Å². The number of fused-ring (bicyclic) bond motifs is 1. The van der Waals surface area contributed by atoms with Crippen molar-refractivity contribution in [2.24, 2.45) is 0 Å². The largest absolute Gasteiger partial charge is 0.385 e. The number of benzene rings is 2. The minimum absolute atomic E-state index is 0.0105. The molecule has 3 rings (SSSR count). The Labute approximate surface area is 159 Å². The molecule has 0 atom stereocenters. The fourth-order valence-electron chi connectivity index (χ4n) is 2.58. The van der Waals surface area contributed by atoms with Gasteiger partial charge >= 0.3 is 0 Å². The van der Waals surface area contributed by atoms with E-state index in [2.05, 4.69) is 22.0 Å². The van der Waals surface area contributed by atoms with E-state index < -0.39 is 0 Å². The lowest BCUT2D eigenvalue weighted by Crippen LogP contribution is -2.24. The zero-order chi connectivity index (χ0) is 17.6. The Morgan fingerprint density at radius 1 is 1.16 bits per heavy atom. The third kappa shape index (κ3) is 4.32. The van der Waals surface area contributed by atoms with Crippen molar-refractivity contribution in [1.29, 1.82) is 0 Å². The predicted octanol–water partition coefficient (Wildman–Crippen LogP) is 4.49. The Morgan fingerprint density at radius 3 is 2.72 bits per heavy atom. The van der Waals surface area contributed by atoms with Crippen LogP contribution in [0.15, 0.2) is 63.0 Å². The van der Waals surface area contributed by atoms with Crippen LogP contribution in [0.1, 0.15) is 12.0 Å². The second-order valence-corrected chi connectivity index (χ2v) is 7.39. The molecule has 0 aliphatic heterocycles. The van der Waals surface area contributed by atoms with Gasteiger partial charge in [0, 0.05) is 30.5 Å². The van der Waals surface area contributed by atoms with Gasteiger partial charge in [0.05, 0.1) is 10.9 Å². The van der Waals surface area contributed by atoms with Crippen molar-refractivity contribution in [1.82, 2.24) is 9.55 Å². The summed E-state index contributed by atoms with van der Waals surface area (Å²) in [4.78, 5) is 17.6. The van der Waals surface area contributed by atoms with E-state index in [4.69, 9.17) is 9.72 Å². The Balaban J connectivity index is 1.95. The summed E-state index contributed by atoms with van der Waals surface area (Å²) in [5, 5.41) is 1.40. The minimum atomic E-state index is 0.0105. The van der Waals surface area contributed by atoms with Crippen LogP contribution in [0.3, 0.4) is 0 Å². The first-order chi connectivity index (χ1) is 12.2. The van der Waals surface area contributed by atoms with Crippen molar-refractivity contribution in [2.75, 3.05) is 13.7 Å². The molecule has 2 aromatic carbocycles. The van der Waals surface area contributed by atoms with Gasteiger partial charge < -0.3 is 4.74 Å². The second-order valence-electron chi connectivity index (χ2n) is 5.59. The second kappa shape index (κ2) is 8.65. The number of hydrogen-bond donors (Lipinski definition) is 0. The van der Waals surface area contributed by atoms with Gasteiger partial charge in [-0.3, -0.25) is 9.36 Å². The standard InChI is InChI=1S/C19H19BrN2O2S/c1-24-12-6-11-22-18(23)15-8-3-5-10-17(15)21-19(22)25-13-14-7-2-4-9-16(14)20/h2-5,7-10H,6,11-13H2,1H3. The van der Waals surface area contributed by atoms with Gasteiger partial charge in [0.25, 0.3) is 5.56 Å². The van der Waals surface area contributed by atoms with Crippen molar-refractivity contribution < 1.29 is 4.74 Å². The normalized spacial score (nSPS) is 11.1. The number of thioether (sulfide) groups is 1. The summed E-state index contributed by atoms with van der Waals surface area (Å²) in [6, 6.07) is 15.6. The zero-order valence-electron chi connectivity index (χ0n) is 13.9. The van der Waals surface area contributed by atoms with Crippen molar-refractivity contribution in [2.45, 2.75) is 23.9 Å². The lowest BCUT2D eigenvalue weighted by Gasteiger charge is -2.13. The maximum absolute atomic E-state index is 12.9. The fraction of sp³-hybridized carbons (Fsp3) is 0.263. The summed E-state index contributed by atoms with van der Waals surface area (Å²) < 4.78 is 7.96. The van der Waals surface area contributed by atoms with Crippen LogP contribution in [0, 0.1) is 0 Å². The molecule has 1 aromatic heterocycles. The van der Waals surface area contributed by atoms with Gasteiger partial charge in [-0.15, -0.1) is 0 Å². The molecule has 0 bridgehead atoms. The molecule has 0 fully saturated rings. The topological polar surface area (TPSA) is 44.1 Å². The van der Waals surface area contributed by atoms with Crippen LogP contribution in [0.5, 0.6) is 0 Å². The lowest BCUT2D eigenvalue weighted by atomic mass is 10.2. The number of methoxy groups -OCH3 is 1. The molecule has 3 aromatic rings. The van der Waals surface area contributed by atoms with E-state index in [9.17, 15) is 4.79 Å². The SMILES string of the molecule is COCCCn1c(SCc2ccccc2Br)nc2ccccc2c1=O. The van der Waals surface area contributed by atoms with Crippen LogP contribution in [-0.4, -0.2) is 23.3 Å². The average Bonchev–Trinajstić information content (AvgIpc) is 2.63. The maximum atomic E-state index is 12.9. The molecule has 0 amide bonds. The number of hydrogen-bond acceptors (Lipinski definition) is 4. The first kappa shape index (κ1) is 18.2. The van der Waals surface area contributed by atoms with Gasteiger partial charge in [0.15, 0.2) is 5.16 Å². The summed E-state index contributed by atoms with van der Waals surface area (Å²) in [5.74, 6) is 0.747. The molecule has 130 valence electrons. The maximum Gasteiger partial charge on any atom is 0.262 e. The van der Waals surface area contributed by atoms with Crippen molar-refractivity contribution >= 4 is 38.6 Å². The summed E-state index contributed by atoms with van der Waals surface area (Å²) in [6.07, 6.45) is 0.777. The van der Waals surface area contributed by atoms with Crippen LogP contribution in [0.2, 0.25) is 0 Å². The Bertz CT molecular complexity index is 927. The molecule has 0 N–H and O–H groups in total. The van der Waals surface area contributed by atoms with Crippen LogP contribution >= 0.6 is 27.7 Å². The van der Waals surface area contributed by atoms with E-state index >= 15 is 0 Å². The highest BCUT2D eigenvalue weighted by Crippen LogP contribution is 2.26. The van der Waals surface area contributed by atoms with E-state index in [1.54, 1.807) is 23.4 Å². The molecule has 0 saturated carbocycles. The van der Waals surface area contributed by atoms with Crippen LogP contribution in [-0.2, 0) is 17.0 Å². The highest BCUT2D eigenvalue weighted by molar-refractivity contribution is 9.10. The van der Waals surface area contributed by atoms with Gasteiger partial charge in [0.2, 0.25) is 0 Å². The molecular weight excluding hydrogens is 400 g/mol. The van der Waals surface area contributed by atoms with E-state index in [0.717, 1.165) is 27.3 Å². The molecule has 25 heavy (non-hydrogen) atoms. The van der Waals surface area contributed by atoms with E-state index in [0.29, 0.717) is 18.5 Å². The number of aromatic nitrogens is 2. The molecule has 6 heteroatoms. The number of rotatable bonds is 7. The molecule has 0 radical (unpaired) electrons. The number of para-hydroxylation sites is 1. The quantitative estimate of drug-likeness (QED) is 0.322. The monoisotopic (exact) mass is 418 g/mol. The number of halogens is 1. The van der Waals surface area contributed by atoms with E-state index in [-0.39, 0.29) is 5.56 Å². The molecule has 0 spiro atoms. The minimum Gasteiger partial charge on any atom is -0.385 e. The third-order valence-corrected chi connectivity index (χ3v) is 5.67. The predicted molar refractivity (Wildman–Crippen MR) is 106 cm³/mol. The van der Waals surface area contributed by atoms with Gasteiger partial charge in [-0.2, -0.15) is 0 Å². The highest BCUT2D eigenvalue weighted by Gasteiger charge is 2.12. The smallest absolute Gasteiger partial charge is 0.262 e. The van der Waals surface area contributed by atoms with Crippen LogP contribution in [0.25, 0.3) is 10.9 Å². The van der Waals surface area contributed by atoms with Gasteiger partial charge in [-0.25, -0.2) is 4.98 Å². The van der Waals surface area contributed by atoms with E-state index in [1.165, 1.54) is 5.56 Å². The Hall–Kier alpha value is -1.63. The van der Waals surface area contributed by atoms with E-state index in [1.807, 2.05) is 42.5 Å². The first-order valence-corrected chi connectivity index (χ1v) is 9.83. The fourth-order valence-corrected chi connectivity index (χ4v) is 4.22. The van der Waals surface area contributed by atoms with Crippen LogP contribution in [0.4, 0.5) is 0 Å². The highest BCUT2D eigenvalue weighted by atomic mass is 79.9. The molecule has 0 aliphatic carbocycles. The molecule has 4 nitrogen and oxygen atoms in total. The molecule has 0 unspecified atom stereocenters. The first-order valence-electron chi connectivity index (χ1n) is 8.05. The summed E-state index contributed by atoms with van der Waals surface area (Å²) in [7, 11) is 1.67. The Morgan fingerprint density at radius 2 is 1.92 bits per heavy atom. The average molecular weight is 419 g/mol. The van der Waals surface area contributed by atoms with Gasteiger partial charge in [0.1, 0.15) is 0 Å². The van der Waals surface area contributed by atoms with Crippen molar-refractivity contribution in [3.05, 3.63) is 68.9 Å². The lowest BCUT2D eigenvalue weighted by molar-refractivity contribution is 0.189. The molecule has 1 heterocycles. The van der Waals surface area contributed by atoms with Gasteiger partial charge in [-0.1, -0.05) is 58.0 Å². The summed E-state index contributed by atoms with van der Waals surface area (Å²) in [6.45, 7) is 1.22. The third-order valence-electron chi connectivity index (χ3n) is 3.87.